The second kappa shape index (κ2) is 5.63. The molecule has 0 fully saturated rings. The highest BCUT2D eigenvalue weighted by Crippen LogP contribution is 2.37. The molecule has 1 atom stereocenters. The van der Waals surface area contributed by atoms with Crippen LogP contribution in [0.4, 0.5) is 0 Å². The van der Waals surface area contributed by atoms with Crippen molar-refractivity contribution in [3.63, 3.8) is 0 Å². The van der Waals surface area contributed by atoms with E-state index in [0.717, 1.165) is 9.86 Å². The normalized spacial score (nSPS) is 13.5. The van der Waals surface area contributed by atoms with Gasteiger partial charge in [0.15, 0.2) is 17.7 Å². The average Bonchev–Trinajstić information content (AvgIpc) is 2.42. The van der Waals surface area contributed by atoms with Crippen molar-refractivity contribution < 1.29 is 9.94 Å². The van der Waals surface area contributed by atoms with Gasteiger partial charge in [0.05, 0.1) is 5.02 Å². The fraction of sp³-hybridized carbons (Fsp3) is 0.167. The number of hydrogen-bond donors (Lipinski definition) is 2. The number of halogens is 2. The van der Waals surface area contributed by atoms with Crippen molar-refractivity contribution in [2.24, 2.45) is 10.9 Å². The van der Waals surface area contributed by atoms with Gasteiger partial charge >= 0.3 is 0 Å². The lowest BCUT2D eigenvalue weighted by Crippen LogP contribution is -2.31. The molecule has 0 aliphatic carbocycles. The molecular weight excluding hydrogens is 334 g/mol. The minimum atomic E-state index is -0.617. The Balaban J connectivity index is 2.54. The van der Waals surface area contributed by atoms with E-state index in [0.29, 0.717) is 16.3 Å². The molecule has 1 aromatic heterocycles. The van der Waals surface area contributed by atoms with Crippen molar-refractivity contribution in [1.82, 2.24) is 4.98 Å². The van der Waals surface area contributed by atoms with Crippen LogP contribution in [0.1, 0.15) is 6.92 Å². The van der Waals surface area contributed by atoms with Gasteiger partial charge in [-0.05, 0) is 19.1 Å². The van der Waals surface area contributed by atoms with E-state index in [9.17, 15) is 0 Å². The smallest absolute Gasteiger partial charge is 0.180 e. The molecule has 0 radical (unpaired) electrons. The SMILES string of the molecule is CC(Oc1c(Cl)cc(Br)c2cccnc12)C(N)=NO. The molecule has 0 aliphatic rings. The first-order valence-electron chi connectivity index (χ1n) is 5.41. The van der Waals surface area contributed by atoms with Gasteiger partial charge in [0.2, 0.25) is 0 Å². The average molecular weight is 345 g/mol. The summed E-state index contributed by atoms with van der Waals surface area (Å²) in [4.78, 5) is 4.26. The summed E-state index contributed by atoms with van der Waals surface area (Å²) >= 11 is 9.58. The molecule has 19 heavy (non-hydrogen) atoms. The van der Waals surface area contributed by atoms with Gasteiger partial charge in [0, 0.05) is 16.1 Å². The first kappa shape index (κ1) is 13.9. The molecule has 0 saturated carbocycles. The Morgan fingerprint density at radius 1 is 1.63 bits per heavy atom. The summed E-state index contributed by atoms with van der Waals surface area (Å²) in [5, 5.41) is 12.8. The first-order valence-corrected chi connectivity index (χ1v) is 6.58. The lowest BCUT2D eigenvalue weighted by molar-refractivity contribution is 0.267. The number of benzene rings is 1. The third-order valence-electron chi connectivity index (χ3n) is 2.58. The highest BCUT2D eigenvalue weighted by molar-refractivity contribution is 9.10. The monoisotopic (exact) mass is 343 g/mol. The number of amidine groups is 1. The van der Waals surface area contributed by atoms with Crippen LogP contribution in [0.15, 0.2) is 34.0 Å². The molecule has 1 unspecified atom stereocenters. The topological polar surface area (TPSA) is 80.7 Å². The molecule has 0 amide bonds. The number of rotatable bonds is 3. The van der Waals surface area contributed by atoms with Crippen LogP contribution in [0.2, 0.25) is 5.02 Å². The molecule has 5 nitrogen and oxygen atoms in total. The van der Waals surface area contributed by atoms with Crippen molar-refractivity contribution in [3.05, 3.63) is 33.9 Å². The van der Waals surface area contributed by atoms with Crippen LogP contribution in [0.25, 0.3) is 10.9 Å². The van der Waals surface area contributed by atoms with Crippen LogP contribution >= 0.6 is 27.5 Å². The molecule has 7 heteroatoms. The summed E-state index contributed by atoms with van der Waals surface area (Å²) in [6.45, 7) is 1.65. The summed E-state index contributed by atoms with van der Waals surface area (Å²) in [7, 11) is 0. The van der Waals surface area contributed by atoms with E-state index >= 15 is 0 Å². The number of pyridine rings is 1. The first-order chi connectivity index (χ1) is 9.04. The largest absolute Gasteiger partial charge is 0.479 e. The standard InChI is InChI=1S/C12H11BrClN3O2/c1-6(12(15)17-18)19-11-9(14)5-8(13)7-3-2-4-16-10(7)11/h2-6,18H,1H3,(H2,15,17). The van der Waals surface area contributed by atoms with Gasteiger partial charge in [-0.25, -0.2) is 0 Å². The van der Waals surface area contributed by atoms with Crippen molar-refractivity contribution in [2.45, 2.75) is 13.0 Å². The van der Waals surface area contributed by atoms with Crippen molar-refractivity contribution in [3.8, 4) is 5.75 Å². The summed E-state index contributed by atoms with van der Waals surface area (Å²) in [6, 6.07) is 5.43. The molecule has 1 heterocycles. The summed E-state index contributed by atoms with van der Waals surface area (Å²) in [5.74, 6) is 0.364. The van der Waals surface area contributed by atoms with Crippen LogP contribution in [-0.4, -0.2) is 22.1 Å². The highest BCUT2D eigenvalue weighted by Gasteiger charge is 2.17. The molecular formula is C12H11BrClN3O2. The van der Waals surface area contributed by atoms with Crippen LogP contribution in [0.3, 0.4) is 0 Å². The van der Waals surface area contributed by atoms with E-state index in [1.807, 2.05) is 12.1 Å². The van der Waals surface area contributed by atoms with Gasteiger partial charge in [0.25, 0.3) is 0 Å². The van der Waals surface area contributed by atoms with Crippen LogP contribution in [-0.2, 0) is 0 Å². The van der Waals surface area contributed by atoms with Crippen LogP contribution < -0.4 is 10.5 Å². The second-order valence-corrected chi connectivity index (χ2v) is 5.12. The molecule has 0 aliphatic heterocycles. The zero-order chi connectivity index (χ0) is 14.0. The number of nitrogens with two attached hydrogens (primary N) is 1. The Morgan fingerprint density at radius 3 is 3.05 bits per heavy atom. The van der Waals surface area contributed by atoms with E-state index in [-0.39, 0.29) is 5.84 Å². The van der Waals surface area contributed by atoms with E-state index in [1.54, 1.807) is 19.2 Å². The predicted octanol–water partition coefficient (Wildman–Crippen LogP) is 3.16. The minimum absolute atomic E-state index is 0.0388. The van der Waals surface area contributed by atoms with Gasteiger partial charge in [-0.3, -0.25) is 4.98 Å². The maximum atomic E-state index is 8.64. The van der Waals surface area contributed by atoms with Gasteiger partial charge in [0.1, 0.15) is 5.52 Å². The molecule has 2 rings (SSSR count). The third-order valence-corrected chi connectivity index (χ3v) is 3.51. The molecule has 1 aromatic carbocycles. The Hall–Kier alpha value is -1.53. The zero-order valence-electron chi connectivity index (χ0n) is 9.97. The molecule has 100 valence electrons. The van der Waals surface area contributed by atoms with E-state index in [2.05, 4.69) is 26.1 Å². The fourth-order valence-electron chi connectivity index (χ4n) is 1.58. The van der Waals surface area contributed by atoms with Crippen LogP contribution in [0, 0.1) is 0 Å². The van der Waals surface area contributed by atoms with Gasteiger partial charge in [-0.15, -0.1) is 0 Å². The Bertz CT molecular complexity index is 648. The molecule has 0 saturated heterocycles. The van der Waals surface area contributed by atoms with Crippen molar-refractivity contribution in [1.29, 1.82) is 0 Å². The number of aromatic nitrogens is 1. The predicted molar refractivity (Wildman–Crippen MR) is 78.0 cm³/mol. The number of oxime groups is 1. The number of fused-ring (bicyclic) bond motifs is 1. The minimum Gasteiger partial charge on any atom is -0.479 e. The second-order valence-electron chi connectivity index (χ2n) is 3.85. The van der Waals surface area contributed by atoms with Gasteiger partial charge < -0.3 is 15.7 Å². The number of nitrogens with zero attached hydrogens (tertiary/aromatic N) is 2. The summed E-state index contributed by atoms with van der Waals surface area (Å²) in [6.07, 6.45) is 1.03. The quantitative estimate of drug-likeness (QED) is 0.388. The molecule has 3 N–H and O–H groups in total. The lowest BCUT2D eigenvalue weighted by atomic mass is 10.2. The van der Waals surface area contributed by atoms with Crippen molar-refractivity contribution >= 4 is 44.3 Å². The zero-order valence-corrected chi connectivity index (χ0v) is 12.3. The van der Waals surface area contributed by atoms with E-state index in [1.165, 1.54) is 0 Å². The maximum absolute atomic E-state index is 8.64. The molecule has 0 bridgehead atoms. The molecule has 2 aromatic rings. The Kier molecular flexibility index (Phi) is 4.11. The van der Waals surface area contributed by atoms with Crippen LogP contribution in [0.5, 0.6) is 5.75 Å². The summed E-state index contributed by atoms with van der Waals surface area (Å²) < 4.78 is 6.46. The number of ether oxygens (including phenoxy) is 1. The van der Waals surface area contributed by atoms with Gasteiger partial charge in [-0.1, -0.05) is 38.8 Å². The lowest BCUT2D eigenvalue weighted by Gasteiger charge is -2.16. The molecule has 0 spiro atoms. The highest BCUT2D eigenvalue weighted by atomic mass is 79.9. The summed E-state index contributed by atoms with van der Waals surface area (Å²) in [5.41, 5.74) is 6.10. The number of hydrogen-bond acceptors (Lipinski definition) is 4. The maximum Gasteiger partial charge on any atom is 0.180 e. The van der Waals surface area contributed by atoms with Gasteiger partial charge in [-0.2, -0.15) is 0 Å². The third kappa shape index (κ3) is 2.74. The Labute approximate surface area is 123 Å². The fourth-order valence-corrected chi connectivity index (χ4v) is 2.50. The Morgan fingerprint density at radius 2 is 2.37 bits per heavy atom. The van der Waals surface area contributed by atoms with E-state index in [4.69, 9.17) is 27.3 Å². The van der Waals surface area contributed by atoms with Crippen molar-refractivity contribution in [2.75, 3.05) is 0 Å². The van der Waals surface area contributed by atoms with E-state index < -0.39 is 6.10 Å².